The minimum absolute atomic E-state index is 0.0740. The van der Waals surface area contributed by atoms with Gasteiger partial charge in [0, 0.05) is 54.5 Å². The molecule has 1 amide bonds. The summed E-state index contributed by atoms with van der Waals surface area (Å²) >= 11 is 0. The number of carbonyl (C=O) groups excluding carboxylic acids is 1. The summed E-state index contributed by atoms with van der Waals surface area (Å²) in [7, 11) is 0. The number of hydrogen-bond acceptors (Lipinski definition) is 4. The van der Waals surface area contributed by atoms with Crippen molar-refractivity contribution in [2.75, 3.05) is 6.54 Å². The van der Waals surface area contributed by atoms with E-state index in [4.69, 9.17) is 0 Å². The topological polar surface area (TPSA) is 57.6 Å². The third-order valence-corrected chi connectivity index (χ3v) is 3.62. The third-order valence-electron chi connectivity index (χ3n) is 3.62. The molecule has 3 aliphatic heterocycles. The first kappa shape index (κ1) is 11.2. The predicted octanol–water partition coefficient (Wildman–Crippen LogP) is 1.33. The zero-order chi connectivity index (χ0) is 13.5. The summed E-state index contributed by atoms with van der Waals surface area (Å²) in [5.41, 5.74) is 4.05. The minimum Gasteiger partial charge on any atom is -0.324 e. The Morgan fingerprint density at radius 3 is 2.90 bits per heavy atom. The van der Waals surface area contributed by atoms with Crippen molar-refractivity contribution in [3.63, 3.8) is 0 Å². The van der Waals surface area contributed by atoms with Crippen LogP contribution in [0, 0.1) is 0 Å². The highest BCUT2D eigenvalue weighted by atomic mass is 16.1. The molecule has 4 heterocycles. The van der Waals surface area contributed by atoms with Crippen LogP contribution in [0.2, 0.25) is 0 Å². The molecule has 0 unspecified atom stereocenters. The summed E-state index contributed by atoms with van der Waals surface area (Å²) in [5, 5.41) is 2.95. The fourth-order valence-corrected chi connectivity index (χ4v) is 2.75. The van der Waals surface area contributed by atoms with Crippen molar-refractivity contribution < 1.29 is 4.79 Å². The number of amidine groups is 1. The van der Waals surface area contributed by atoms with Gasteiger partial charge in [0.1, 0.15) is 5.84 Å². The number of aliphatic imine (C=N–C) groups is 1. The van der Waals surface area contributed by atoms with E-state index in [-0.39, 0.29) is 5.91 Å². The van der Waals surface area contributed by atoms with Gasteiger partial charge in [-0.1, -0.05) is 0 Å². The summed E-state index contributed by atoms with van der Waals surface area (Å²) in [5.74, 6) is 0.834. The van der Waals surface area contributed by atoms with E-state index in [9.17, 15) is 4.79 Å². The van der Waals surface area contributed by atoms with Crippen LogP contribution in [-0.4, -0.2) is 28.2 Å². The lowest BCUT2D eigenvalue weighted by Crippen LogP contribution is -2.31. The Balaban J connectivity index is 1.85. The third kappa shape index (κ3) is 1.60. The predicted molar refractivity (Wildman–Crippen MR) is 74.5 cm³/mol. The molecule has 3 aliphatic rings. The van der Waals surface area contributed by atoms with E-state index in [1.165, 1.54) is 0 Å². The number of hydrogen-bond donors (Lipinski definition) is 1. The fraction of sp³-hybridized carbons (Fsp3) is 0.133. The first-order valence-corrected chi connectivity index (χ1v) is 6.51. The molecule has 5 heteroatoms. The SMILES string of the molecule is O=C1C=CC2=CN=C(c3ccncc3)N3CCC(=C23)N1. The van der Waals surface area contributed by atoms with Gasteiger partial charge in [0.15, 0.2) is 0 Å². The molecular weight excluding hydrogens is 252 g/mol. The standard InChI is InChI=1S/C15H12N4O/c20-13-2-1-11-9-17-15(10-3-6-16-7-4-10)19-8-5-12(18-13)14(11)19/h1-4,6-7,9H,5,8H2,(H,18,20). The van der Waals surface area contributed by atoms with Gasteiger partial charge in [0.25, 0.3) is 0 Å². The van der Waals surface area contributed by atoms with E-state index in [1.807, 2.05) is 24.4 Å². The molecular formula is C15H12N4O. The van der Waals surface area contributed by atoms with Crippen LogP contribution in [-0.2, 0) is 4.79 Å². The maximum atomic E-state index is 11.6. The van der Waals surface area contributed by atoms with Crippen molar-refractivity contribution in [3.8, 4) is 0 Å². The molecule has 1 aromatic heterocycles. The van der Waals surface area contributed by atoms with Crippen molar-refractivity contribution >= 4 is 11.7 Å². The van der Waals surface area contributed by atoms with Crippen LogP contribution in [0.5, 0.6) is 0 Å². The average Bonchev–Trinajstić information content (AvgIpc) is 2.82. The van der Waals surface area contributed by atoms with Gasteiger partial charge in [0.05, 0.1) is 5.70 Å². The van der Waals surface area contributed by atoms with Gasteiger partial charge in [-0.3, -0.25) is 9.78 Å². The van der Waals surface area contributed by atoms with Gasteiger partial charge < -0.3 is 10.2 Å². The Morgan fingerprint density at radius 2 is 2.05 bits per heavy atom. The molecule has 0 spiro atoms. The van der Waals surface area contributed by atoms with Crippen molar-refractivity contribution in [3.05, 3.63) is 65.4 Å². The number of carbonyl (C=O) groups is 1. The quantitative estimate of drug-likeness (QED) is 0.832. The molecule has 0 fully saturated rings. The summed E-state index contributed by atoms with van der Waals surface area (Å²) < 4.78 is 0. The van der Waals surface area contributed by atoms with Gasteiger partial charge in [-0.15, -0.1) is 0 Å². The second-order valence-electron chi connectivity index (χ2n) is 4.82. The normalized spacial score (nSPS) is 20.2. The lowest BCUT2D eigenvalue weighted by atomic mass is 10.1. The van der Waals surface area contributed by atoms with Gasteiger partial charge in [-0.05, 0) is 18.2 Å². The molecule has 0 radical (unpaired) electrons. The van der Waals surface area contributed by atoms with Crippen LogP contribution in [0.4, 0.5) is 0 Å². The van der Waals surface area contributed by atoms with Crippen LogP contribution in [0.15, 0.2) is 64.8 Å². The number of pyridine rings is 1. The molecule has 0 saturated carbocycles. The highest BCUT2D eigenvalue weighted by molar-refractivity contribution is 6.02. The molecule has 20 heavy (non-hydrogen) atoms. The maximum Gasteiger partial charge on any atom is 0.248 e. The van der Waals surface area contributed by atoms with Crippen molar-refractivity contribution in [1.29, 1.82) is 0 Å². The van der Waals surface area contributed by atoms with E-state index in [0.29, 0.717) is 0 Å². The Labute approximate surface area is 116 Å². The second kappa shape index (κ2) is 4.16. The molecule has 0 saturated heterocycles. The Morgan fingerprint density at radius 1 is 1.20 bits per heavy atom. The van der Waals surface area contributed by atoms with Gasteiger partial charge in [0.2, 0.25) is 5.91 Å². The monoisotopic (exact) mass is 264 g/mol. The van der Waals surface area contributed by atoms with Gasteiger partial charge >= 0.3 is 0 Å². The molecule has 0 bridgehead atoms. The van der Waals surface area contributed by atoms with E-state index in [1.54, 1.807) is 18.5 Å². The number of nitrogens with one attached hydrogen (secondary N) is 1. The number of allylic oxidation sites excluding steroid dienone is 1. The molecule has 0 atom stereocenters. The number of amides is 1. The van der Waals surface area contributed by atoms with E-state index < -0.39 is 0 Å². The van der Waals surface area contributed by atoms with Gasteiger partial charge in [-0.2, -0.15) is 0 Å². The van der Waals surface area contributed by atoms with Crippen LogP contribution in [0.3, 0.4) is 0 Å². The smallest absolute Gasteiger partial charge is 0.248 e. The lowest BCUT2D eigenvalue weighted by molar-refractivity contribution is -0.115. The summed E-state index contributed by atoms with van der Waals surface area (Å²) in [6.45, 7) is 0.831. The van der Waals surface area contributed by atoms with Crippen molar-refractivity contribution in [2.45, 2.75) is 6.42 Å². The molecule has 1 aromatic rings. The zero-order valence-corrected chi connectivity index (χ0v) is 10.7. The van der Waals surface area contributed by atoms with Crippen LogP contribution in [0.1, 0.15) is 12.0 Å². The Kier molecular flexibility index (Phi) is 2.32. The largest absolute Gasteiger partial charge is 0.324 e. The number of aromatic nitrogens is 1. The maximum absolute atomic E-state index is 11.6. The lowest BCUT2D eigenvalue weighted by Gasteiger charge is -2.27. The first-order chi connectivity index (χ1) is 9.83. The van der Waals surface area contributed by atoms with E-state index in [0.717, 1.165) is 41.3 Å². The summed E-state index contributed by atoms with van der Waals surface area (Å²) in [6.07, 6.45) is 9.54. The van der Waals surface area contributed by atoms with Crippen molar-refractivity contribution in [1.82, 2.24) is 15.2 Å². The summed E-state index contributed by atoms with van der Waals surface area (Å²) in [6, 6.07) is 3.89. The molecule has 98 valence electrons. The van der Waals surface area contributed by atoms with Gasteiger partial charge in [-0.25, -0.2) is 4.99 Å². The summed E-state index contributed by atoms with van der Waals surface area (Å²) in [4.78, 5) is 22.4. The Bertz CT molecular complexity index is 713. The zero-order valence-electron chi connectivity index (χ0n) is 10.7. The highest BCUT2D eigenvalue weighted by Crippen LogP contribution is 2.33. The molecule has 1 N–H and O–H groups in total. The average molecular weight is 264 g/mol. The molecule has 0 aliphatic carbocycles. The Hall–Kier alpha value is -2.69. The highest BCUT2D eigenvalue weighted by Gasteiger charge is 2.32. The first-order valence-electron chi connectivity index (χ1n) is 6.51. The fourth-order valence-electron chi connectivity index (χ4n) is 2.75. The number of rotatable bonds is 1. The second-order valence-corrected chi connectivity index (χ2v) is 4.82. The molecule has 4 rings (SSSR count). The number of nitrogens with zero attached hydrogens (tertiary/aromatic N) is 3. The van der Waals surface area contributed by atoms with E-state index in [2.05, 4.69) is 20.2 Å². The minimum atomic E-state index is -0.0740. The van der Waals surface area contributed by atoms with Crippen molar-refractivity contribution in [2.24, 2.45) is 4.99 Å². The van der Waals surface area contributed by atoms with Crippen LogP contribution >= 0.6 is 0 Å². The van der Waals surface area contributed by atoms with Crippen LogP contribution < -0.4 is 5.32 Å². The van der Waals surface area contributed by atoms with Crippen LogP contribution in [0.25, 0.3) is 0 Å². The van der Waals surface area contributed by atoms with E-state index >= 15 is 0 Å². The molecule has 0 aromatic carbocycles. The molecule has 5 nitrogen and oxygen atoms in total.